The highest BCUT2D eigenvalue weighted by atomic mass is 79.9. The Morgan fingerprint density at radius 1 is 1.58 bits per heavy atom. The number of aryl methyl sites for hydroxylation is 1. The molecule has 0 N–H and O–H groups in total. The summed E-state index contributed by atoms with van der Waals surface area (Å²) >= 11 is 3.25. The van der Waals surface area contributed by atoms with Gasteiger partial charge in [0.1, 0.15) is 5.82 Å². The molecule has 0 unspecified atom stereocenters. The third-order valence-electron chi connectivity index (χ3n) is 1.74. The van der Waals surface area contributed by atoms with Crippen LogP contribution in [0.2, 0.25) is 0 Å². The van der Waals surface area contributed by atoms with Crippen molar-refractivity contribution in [2.24, 2.45) is 0 Å². The Labute approximate surface area is 80.2 Å². The lowest BCUT2D eigenvalue weighted by molar-refractivity contribution is 0.622. The maximum absolute atomic E-state index is 13.2. The molecule has 2 heteroatoms. The molecule has 0 bridgehead atoms. The first-order valence-corrected chi connectivity index (χ1v) is 4.78. The average Bonchev–Trinajstić information content (AvgIpc) is 2.03. The van der Waals surface area contributed by atoms with Crippen LogP contribution in [0.1, 0.15) is 11.1 Å². The van der Waals surface area contributed by atoms with Crippen molar-refractivity contribution in [3.63, 3.8) is 0 Å². The van der Waals surface area contributed by atoms with E-state index >= 15 is 0 Å². The Hall–Kier alpha value is -0.630. The van der Waals surface area contributed by atoms with Crippen molar-refractivity contribution < 1.29 is 4.39 Å². The van der Waals surface area contributed by atoms with Crippen molar-refractivity contribution in [3.05, 3.63) is 41.7 Å². The second-order valence-electron chi connectivity index (χ2n) is 2.67. The Morgan fingerprint density at radius 2 is 2.25 bits per heavy atom. The summed E-state index contributed by atoms with van der Waals surface area (Å²) in [5.41, 5.74) is 2.35. The fraction of sp³-hybridized carbons (Fsp3) is 0.200. The van der Waals surface area contributed by atoms with Gasteiger partial charge in [0.15, 0.2) is 0 Å². The van der Waals surface area contributed by atoms with E-state index in [0.717, 1.165) is 11.1 Å². The molecule has 0 amide bonds. The van der Waals surface area contributed by atoms with Crippen molar-refractivity contribution in [2.45, 2.75) is 6.92 Å². The lowest BCUT2D eigenvalue weighted by Crippen LogP contribution is -1.93. The van der Waals surface area contributed by atoms with Gasteiger partial charge in [-0.2, -0.15) is 0 Å². The van der Waals surface area contributed by atoms with Crippen LogP contribution in [0, 0.1) is 12.7 Å². The number of benzene rings is 1. The van der Waals surface area contributed by atoms with Gasteiger partial charge in [0.2, 0.25) is 0 Å². The average molecular weight is 229 g/mol. The van der Waals surface area contributed by atoms with Gasteiger partial charge < -0.3 is 0 Å². The summed E-state index contributed by atoms with van der Waals surface area (Å²) in [7, 11) is 0. The van der Waals surface area contributed by atoms with E-state index < -0.39 is 0 Å². The summed E-state index contributed by atoms with van der Waals surface area (Å²) < 4.78 is 13.2. The van der Waals surface area contributed by atoms with E-state index in [2.05, 4.69) is 22.5 Å². The topological polar surface area (TPSA) is 0 Å². The smallest absolute Gasteiger partial charge is 0.130 e. The van der Waals surface area contributed by atoms with Crippen LogP contribution in [-0.4, -0.2) is 5.33 Å². The van der Waals surface area contributed by atoms with Gasteiger partial charge in [-0.1, -0.05) is 34.6 Å². The molecule has 0 saturated heterocycles. The van der Waals surface area contributed by atoms with E-state index in [-0.39, 0.29) is 5.82 Å². The quantitative estimate of drug-likeness (QED) is 0.680. The summed E-state index contributed by atoms with van der Waals surface area (Å²) in [5, 5.41) is 0.606. The van der Waals surface area contributed by atoms with Gasteiger partial charge in [0.05, 0.1) is 0 Å². The second kappa shape index (κ2) is 3.85. The van der Waals surface area contributed by atoms with Gasteiger partial charge in [0.25, 0.3) is 0 Å². The van der Waals surface area contributed by atoms with Crippen LogP contribution >= 0.6 is 15.9 Å². The zero-order valence-electron chi connectivity index (χ0n) is 6.90. The summed E-state index contributed by atoms with van der Waals surface area (Å²) in [6, 6.07) is 5.04. The molecule has 0 aliphatic carbocycles. The molecule has 0 heterocycles. The highest BCUT2D eigenvalue weighted by Crippen LogP contribution is 2.21. The standard InChI is InChI=1S/C10H10BrF/c1-7-4-3-5-9(12)10(7)8(2)6-11/h3-5H,2,6H2,1H3. The summed E-state index contributed by atoms with van der Waals surface area (Å²) in [6.07, 6.45) is 0. The maximum atomic E-state index is 13.2. The zero-order valence-corrected chi connectivity index (χ0v) is 8.49. The molecular formula is C10H10BrF. The highest BCUT2D eigenvalue weighted by Gasteiger charge is 2.06. The first-order valence-electron chi connectivity index (χ1n) is 3.66. The second-order valence-corrected chi connectivity index (χ2v) is 3.23. The van der Waals surface area contributed by atoms with Crippen LogP contribution in [0.25, 0.3) is 5.57 Å². The van der Waals surface area contributed by atoms with E-state index in [1.54, 1.807) is 6.07 Å². The Morgan fingerprint density at radius 3 is 2.75 bits per heavy atom. The molecule has 0 aliphatic rings. The van der Waals surface area contributed by atoms with E-state index in [4.69, 9.17) is 0 Å². The van der Waals surface area contributed by atoms with Crippen molar-refractivity contribution in [3.8, 4) is 0 Å². The molecule has 64 valence electrons. The van der Waals surface area contributed by atoms with Crippen LogP contribution in [0.5, 0.6) is 0 Å². The molecule has 1 aromatic carbocycles. The molecule has 1 aromatic rings. The minimum absolute atomic E-state index is 0.195. The number of allylic oxidation sites excluding steroid dienone is 1. The third-order valence-corrected chi connectivity index (χ3v) is 2.41. The Kier molecular flexibility index (Phi) is 3.04. The van der Waals surface area contributed by atoms with Crippen LogP contribution in [0.4, 0.5) is 4.39 Å². The molecule has 0 radical (unpaired) electrons. The Bertz CT molecular complexity index is 284. The predicted octanol–water partition coefficient (Wildman–Crippen LogP) is 3.54. The minimum Gasteiger partial charge on any atom is -0.206 e. The van der Waals surface area contributed by atoms with Gasteiger partial charge in [-0.15, -0.1) is 0 Å². The molecule has 0 saturated carbocycles. The van der Waals surface area contributed by atoms with Gasteiger partial charge in [-0.3, -0.25) is 0 Å². The van der Waals surface area contributed by atoms with E-state index in [1.165, 1.54) is 6.07 Å². The van der Waals surface area contributed by atoms with Crippen LogP contribution in [-0.2, 0) is 0 Å². The molecule has 0 aliphatic heterocycles. The SMILES string of the molecule is C=C(CBr)c1c(C)cccc1F. The van der Waals surface area contributed by atoms with Crippen molar-refractivity contribution in [1.82, 2.24) is 0 Å². The van der Waals surface area contributed by atoms with Crippen LogP contribution < -0.4 is 0 Å². The molecule has 0 spiro atoms. The fourth-order valence-corrected chi connectivity index (χ4v) is 1.43. The molecular weight excluding hydrogens is 219 g/mol. The molecule has 0 atom stereocenters. The van der Waals surface area contributed by atoms with Gasteiger partial charge >= 0.3 is 0 Å². The highest BCUT2D eigenvalue weighted by molar-refractivity contribution is 9.09. The minimum atomic E-state index is -0.195. The number of alkyl halides is 1. The molecule has 0 aromatic heterocycles. The maximum Gasteiger partial charge on any atom is 0.130 e. The summed E-state index contributed by atoms with van der Waals surface area (Å²) in [4.78, 5) is 0. The number of hydrogen-bond donors (Lipinski definition) is 0. The van der Waals surface area contributed by atoms with Crippen molar-refractivity contribution in [1.29, 1.82) is 0 Å². The van der Waals surface area contributed by atoms with Crippen molar-refractivity contribution in [2.75, 3.05) is 5.33 Å². The van der Waals surface area contributed by atoms with E-state index in [9.17, 15) is 4.39 Å². The lowest BCUT2D eigenvalue weighted by atomic mass is 10.0. The summed E-state index contributed by atoms with van der Waals surface area (Å²) in [6.45, 7) is 5.66. The van der Waals surface area contributed by atoms with Gasteiger partial charge in [-0.05, 0) is 24.1 Å². The Balaban J connectivity index is 3.21. The zero-order chi connectivity index (χ0) is 9.14. The molecule has 0 fully saturated rings. The van der Waals surface area contributed by atoms with Crippen LogP contribution in [0.3, 0.4) is 0 Å². The largest absolute Gasteiger partial charge is 0.206 e. The van der Waals surface area contributed by atoms with Gasteiger partial charge in [-0.25, -0.2) is 4.39 Å². The number of halogens is 2. The predicted molar refractivity (Wildman–Crippen MR) is 54.0 cm³/mol. The monoisotopic (exact) mass is 228 g/mol. The third kappa shape index (κ3) is 1.75. The normalized spacial score (nSPS) is 9.92. The van der Waals surface area contributed by atoms with Crippen molar-refractivity contribution >= 4 is 21.5 Å². The molecule has 0 nitrogen and oxygen atoms in total. The van der Waals surface area contributed by atoms with E-state index in [1.807, 2.05) is 13.0 Å². The van der Waals surface area contributed by atoms with Gasteiger partial charge in [0, 0.05) is 10.9 Å². The lowest BCUT2D eigenvalue weighted by Gasteiger charge is -2.06. The first kappa shape index (κ1) is 9.46. The first-order chi connectivity index (χ1) is 5.66. The summed E-state index contributed by atoms with van der Waals surface area (Å²) in [5.74, 6) is -0.195. The van der Waals surface area contributed by atoms with Crippen LogP contribution in [0.15, 0.2) is 24.8 Å². The molecule has 12 heavy (non-hydrogen) atoms. The molecule has 1 rings (SSSR count). The number of hydrogen-bond acceptors (Lipinski definition) is 0. The fourth-order valence-electron chi connectivity index (χ4n) is 1.15. The number of rotatable bonds is 2. The van der Waals surface area contributed by atoms with E-state index in [0.29, 0.717) is 10.9 Å².